The third-order valence-electron chi connectivity index (χ3n) is 6.82. The van der Waals surface area contributed by atoms with Gasteiger partial charge in [-0.3, -0.25) is 9.59 Å². The number of anilines is 2. The van der Waals surface area contributed by atoms with Crippen LogP contribution in [-0.2, 0) is 5.41 Å². The zero-order valence-corrected chi connectivity index (χ0v) is 20.7. The molecule has 0 unspecified atom stereocenters. The Morgan fingerprint density at radius 2 is 1.44 bits per heavy atom. The molecule has 0 aliphatic carbocycles. The molecule has 178 valence electrons. The molecule has 2 N–H and O–H groups in total. The van der Waals surface area contributed by atoms with Crippen molar-refractivity contribution in [2.75, 3.05) is 5.32 Å². The molecule has 0 atom stereocenters. The van der Waals surface area contributed by atoms with E-state index < -0.39 is 0 Å². The molecule has 5 nitrogen and oxygen atoms in total. The molecule has 0 amide bonds. The first-order chi connectivity index (χ1) is 17.2. The summed E-state index contributed by atoms with van der Waals surface area (Å²) in [5, 5.41) is 4.86. The monoisotopic (exact) mass is 474 g/mol. The minimum atomic E-state index is -0.199. The predicted octanol–water partition coefficient (Wildman–Crippen LogP) is 7.29. The molecule has 0 saturated heterocycles. The van der Waals surface area contributed by atoms with Crippen molar-refractivity contribution in [2.24, 2.45) is 0 Å². The maximum absolute atomic E-state index is 13.8. The molecule has 5 aromatic carbocycles. The first kappa shape index (κ1) is 22.1. The minimum absolute atomic E-state index is 0.0429. The van der Waals surface area contributed by atoms with E-state index in [0.29, 0.717) is 43.9 Å². The molecular weight excluding hydrogens is 448 g/mol. The maximum Gasteiger partial charge on any atom is 0.196 e. The largest absolute Gasteiger partial charge is 0.453 e. The Labute approximate surface area is 207 Å². The van der Waals surface area contributed by atoms with Crippen LogP contribution >= 0.6 is 0 Å². The van der Waals surface area contributed by atoms with Crippen LogP contribution in [0.4, 0.5) is 11.4 Å². The number of hydrogen-bond donors (Lipinski definition) is 2. The molecule has 0 spiro atoms. The number of benzene rings is 5. The number of H-pyrrole nitrogens is 1. The van der Waals surface area contributed by atoms with Gasteiger partial charge in [-0.05, 0) is 42.2 Å². The third kappa shape index (κ3) is 3.47. The van der Waals surface area contributed by atoms with Crippen molar-refractivity contribution in [3.05, 3.63) is 104 Å². The van der Waals surface area contributed by atoms with E-state index in [-0.39, 0.29) is 16.3 Å². The molecule has 36 heavy (non-hydrogen) atoms. The standard InChI is InChI=1S/C31H26N2O3/c1-17-9-12-19(13-10-17)32-23-16-25-28(33-22-14-11-18(31(2,3)4)15-24(22)36-25)27-26(23)29(34)20-7-5-6-8-21(20)30(27)35/h5-16,32-33H,1-4H3. The highest BCUT2D eigenvalue weighted by Gasteiger charge is 2.20. The second-order valence-corrected chi connectivity index (χ2v) is 10.4. The van der Waals surface area contributed by atoms with E-state index in [4.69, 9.17) is 4.42 Å². The van der Waals surface area contributed by atoms with Crippen LogP contribution in [0, 0.1) is 6.92 Å². The predicted molar refractivity (Wildman–Crippen MR) is 149 cm³/mol. The van der Waals surface area contributed by atoms with Crippen molar-refractivity contribution in [3.63, 3.8) is 0 Å². The SMILES string of the molecule is Cc1ccc(Nc2cc3oc4cc(C(C)(C)C)ccc4[nH]c3c3c(=O)c4ccccc4c(=O)c23)cc1. The van der Waals surface area contributed by atoms with E-state index in [1.54, 1.807) is 24.3 Å². The van der Waals surface area contributed by atoms with Gasteiger partial charge in [-0.25, -0.2) is 0 Å². The zero-order valence-electron chi connectivity index (χ0n) is 20.7. The Balaban J connectivity index is 1.75. The summed E-state index contributed by atoms with van der Waals surface area (Å²) in [5.41, 5.74) is 5.67. The van der Waals surface area contributed by atoms with Crippen LogP contribution in [0.25, 0.3) is 43.7 Å². The highest BCUT2D eigenvalue weighted by molar-refractivity contribution is 6.15. The van der Waals surface area contributed by atoms with Crippen LogP contribution < -0.4 is 16.2 Å². The van der Waals surface area contributed by atoms with E-state index in [9.17, 15) is 9.59 Å². The number of fused-ring (bicyclic) bond motifs is 5. The summed E-state index contributed by atoms with van der Waals surface area (Å²) in [6, 6.07) is 22.7. The van der Waals surface area contributed by atoms with Gasteiger partial charge in [0.1, 0.15) is 0 Å². The first-order valence-corrected chi connectivity index (χ1v) is 12.0. The number of hydrogen-bond acceptors (Lipinski definition) is 4. The number of aryl methyl sites for hydroxylation is 1. The number of aromatic amines is 1. The third-order valence-corrected chi connectivity index (χ3v) is 6.82. The molecule has 1 aromatic heterocycles. The fourth-order valence-corrected chi connectivity index (χ4v) is 4.79. The van der Waals surface area contributed by atoms with Crippen LogP contribution in [0.5, 0.6) is 0 Å². The lowest BCUT2D eigenvalue weighted by molar-refractivity contribution is 0.586. The molecule has 0 radical (unpaired) electrons. The molecule has 6 rings (SSSR count). The lowest BCUT2D eigenvalue weighted by Gasteiger charge is -2.19. The van der Waals surface area contributed by atoms with E-state index in [1.807, 2.05) is 49.4 Å². The van der Waals surface area contributed by atoms with Gasteiger partial charge in [0, 0.05) is 22.5 Å². The molecule has 0 fully saturated rings. The highest BCUT2D eigenvalue weighted by Crippen LogP contribution is 2.34. The Morgan fingerprint density at radius 3 is 2.11 bits per heavy atom. The first-order valence-electron chi connectivity index (χ1n) is 12.0. The van der Waals surface area contributed by atoms with Gasteiger partial charge in [0.2, 0.25) is 0 Å². The molecule has 1 heterocycles. The molecule has 0 aliphatic rings. The topological polar surface area (TPSA) is 75.1 Å². The molecule has 0 aliphatic heterocycles. The Bertz CT molecular complexity index is 1940. The summed E-state index contributed by atoms with van der Waals surface area (Å²) >= 11 is 0. The average molecular weight is 475 g/mol. The lowest BCUT2D eigenvalue weighted by atomic mass is 9.87. The van der Waals surface area contributed by atoms with Crippen LogP contribution in [0.15, 0.2) is 86.8 Å². The van der Waals surface area contributed by atoms with Crippen molar-refractivity contribution < 1.29 is 4.42 Å². The molecule has 5 heteroatoms. The van der Waals surface area contributed by atoms with Gasteiger partial charge in [0.05, 0.1) is 27.5 Å². The molecule has 0 bridgehead atoms. The second-order valence-electron chi connectivity index (χ2n) is 10.4. The molecule has 0 saturated carbocycles. The normalized spacial score (nSPS) is 12.1. The van der Waals surface area contributed by atoms with Gasteiger partial charge in [-0.15, -0.1) is 0 Å². The van der Waals surface area contributed by atoms with Crippen molar-refractivity contribution in [1.82, 2.24) is 4.98 Å². The van der Waals surface area contributed by atoms with Gasteiger partial charge in [0.15, 0.2) is 22.0 Å². The van der Waals surface area contributed by atoms with Gasteiger partial charge in [-0.2, -0.15) is 0 Å². The Morgan fingerprint density at radius 1 is 0.778 bits per heavy atom. The van der Waals surface area contributed by atoms with E-state index in [1.165, 1.54) is 0 Å². The van der Waals surface area contributed by atoms with E-state index in [0.717, 1.165) is 22.3 Å². The van der Waals surface area contributed by atoms with Crippen molar-refractivity contribution in [2.45, 2.75) is 33.1 Å². The summed E-state index contributed by atoms with van der Waals surface area (Å²) in [6.45, 7) is 8.48. The Hall–Kier alpha value is -4.38. The fourth-order valence-electron chi connectivity index (χ4n) is 4.79. The van der Waals surface area contributed by atoms with Gasteiger partial charge >= 0.3 is 0 Å². The van der Waals surface area contributed by atoms with Crippen LogP contribution in [0.2, 0.25) is 0 Å². The number of rotatable bonds is 2. The second kappa shape index (κ2) is 7.82. The van der Waals surface area contributed by atoms with Crippen LogP contribution in [0.3, 0.4) is 0 Å². The zero-order chi connectivity index (χ0) is 25.2. The Kier molecular flexibility index (Phi) is 4.80. The maximum atomic E-state index is 13.8. The van der Waals surface area contributed by atoms with E-state index >= 15 is 0 Å². The van der Waals surface area contributed by atoms with Crippen LogP contribution in [-0.4, -0.2) is 4.98 Å². The van der Waals surface area contributed by atoms with Crippen LogP contribution in [0.1, 0.15) is 31.9 Å². The molecule has 6 aromatic rings. The summed E-state index contributed by atoms with van der Waals surface area (Å²) < 4.78 is 6.38. The van der Waals surface area contributed by atoms with Gasteiger partial charge in [0.25, 0.3) is 0 Å². The van der Waals surface area contributed by atoms with Crippen molar-refractivity contribution in [1.29, 1.82) is 0 Å². The fraction of sp³-hybridized carbons (Fsp3) is 0.161. The highest BCUT2D eigenvalue weighted by atomic mass is 16.3. The number of nitrogens with one attached hydrogen (secondary N) is 2. The minimum Gasteiger partial charge on any atom is -0.453 e. The van der Waals surface area contributed by atoms with E-state index in [2.05, 4.69) is 37.1 Å². The lowest BCUT2D eigenvalue weighted by Crippen LogP contribution is -2.15. The summed E-state index contributed by atoms with van der Waals surface area (Å²) in [7, 11) is 0. The summed E-state index contributed by atoms with van der Waals surface area (Å²) in [4.78, 5) is 30.9. The quantitative estimate of drug-likeness (QED) is 0.204. The summed E-state index contributed by atoms with van der Waals surface area (Å²) in [5.74, 6) is 0. The van der Waals surface area contributed by atoms with Crippen molar-refractivity contribution >= 4 is 55.1 Å². The average Bonchev–Trinajstić information content (AvgIpc) is 2.86. The van der Waals surface area contributed by atoms with Gasteiger partial charge < -0.3 is 14.7 Å². The molecular formula is C31H26N2O3. The number of aromatic nitrogens is 1. The van der Waals surface area contributed by atoms with Gasteiger partial charge in [-0.1, -0.05) is 68.8 Å². The summed E-state index contributed by atoms with van der Waals surface area (Å²) in [6.07, 6.45) is 0. The van der Waals surface area contributed by atoms with Crippen molar-refractivity contribution in [3.8, 4) is 0 Å². The smallest absolute Gasteiger partial charge is 0.196 e.